The Hall–Kier alpha value is 0.263. The Bertz CT molecular complexity index is 71.6. The topological polar surface area (TPSA) is 246 Å². The first-order valence-corrected chi connectivity index (χ1v) is 6.83. The van der Waals surface area contributed by atoms with Gasteiger partial charge in [0.2, 0.25) is 0 Å². The van der Waals surface area contributed by atoms with E-state index >= 15 is 0 Å². The van der Waals surface area contributed by atoms with Crippen LogP contribution in [0.1, 0.15) is 0 Å². The van der Waals surface area contributed by atoms with Crippen molar-refractivity contribution < 1.29 is 30.3 Å². The van der Waals surface area contributed by atoms with Gasteiger partial charge in [0.15, 0.2) is 0 Å². The molecule has 0 heterocycles. The summed E-state index contributed by atoms with van der Waals surface area (Å²) in [5.41, 5.74) is 0. The zero-order chi connectivity index (χ0) is 6.41. The minimum atomic E-state index is -4.98. The average Bonchev–Trinajstić information content (AvgIpc) is 0.592. The van der Waals surface area contributed by atoms with Crippen LogP contribution in [0.2, 0.25) is 0 Å². The molecular weight excluding hydrogens is 235 g/mol. The summed E-state index contributed by atoms with van der Waals surface area (Å²) in [6, 6.07) is 0. The fourth-order valence-corrected chi connectivity index (χ4v) is 0. The molecule has 0 saturated carbocycles. The Kier molecular flexibility index (Phi) is 6.10. The van der Waals surface area contributed by atoms with Gasteiger partial charge in [-0.05, 0) is 0 Å². The summed E-state index contributed by atoms with van der Waals surface area (Å²) in [7, 11) is 0. The van der Waals surface area contributed by atoms with Gasteiger partial charge in [-0.15, -0.1) is 0 Å². The van der Waals surface area contributed by atoms with Crippen LogP contribution in [0.15, 0.2) is 0 Å². The molecule has 15 N–H and O–H groups in total. The third-order valence-corrected chi connectivity index (χ3v) is 0. The molecule has 72 valence electrons. The quantitative estimate of drug-likeness (QED) is 0.228. The molecule has 0 fully saturated rings. The van der Waals surface area contributed by atoms with E-state index in [0.29, 0.717) is 0 Å². The van der Waals surface area contributed by atoms with E-state index in [9.17, 15) is 0 Å². The normalized spacial score (nSPS) is 16.2. The number of nitrogens with two attached hydrogens (primary N) is 6. The molecule has 0 spiro atoms. The molecule has 0 rings (SSSR count). The molecule has 0 saturated heterocycles. The maximum atomic E-state index is 4.90. The molecule has 10 heavy (non-hydrogen) atoms. The molecule has 10 heteroatoms. The van der Waals surface area contributed by atoms with Gasteiger partial charge in [-0.2, -0.15) is 0 Å². The molecular formula is H15N6O3Rh. The fourth-order valence-electron chi connectivity index (χ4n) is 0. The predicted molar refractivity (Wildman–Crippen MR) is 30.9 cm³/mol. The molecule has 0 aromatic rings. The van der Waals surface area contributed by atoms with Gasteiger partial charge in [0, 0.05) is 0 Å². The zero-order valence-corrected chi connectivity index (χ0v) is 6.78. The van der Waals surface area contributed by atoms with E-state index in [1.165, 1.54) is 0 Å². The van der Waals surface area contributed by atoms with Gasteiger partial charge in [-0.1, -0.05) is 0 Å². The molecule has 0 aromatic heterocycles. The van der Waals surface area contributed by atoms with Gasteiger partial charge < -0.3 is 16.4 Å². The van der Waals surface area contributed by atoms with Gasteiger partial charge in [-0.3, -0.25) is 0 Å². The standard InChI is InChI=1S/6H2N.3H2O.Rh/h9*1H2;/q6*-1;;;;+9/p-3. The van der Waals surface area contributed by atoms with Crippen molar-refractivity contribution in [2.75, 3.05) is 0 Å². The smallest absolute Gasteiger partial charge is 0.870 e. The van der Waals surface area contributed by atoms with E-state index in [2.05, 4.69) is 0 Å². The van der Waals surface area contributed by atoms with Crippen molar-refractivity contribution in [1.29, 1.82) is 0 Å². The van der Waals surface area contributed by atoms with Crippen LogP contribution in [-0.4, -0.2) is 16.4 Å². The summed E-state index contributed by atoms with van der Waals surface area (Å²) in [4.78, 5) is 0. The van der Waals surface area contributed by atoms with Crippen LogP contribution in [0, 0.1) is 0 Å². The van der Waals surface area contributed by atoms with Gasteiger partial charge in [0.05, 0.1) is 0 Å². The Morgan fingerprint density at radius 2 is 0.500 bits per heavy atom. The molecule has 0 unspecified atom stereocenters. The van der Waals surface area contributed by atoms with Gasteiger partial charge in [0.1, 0.15) is 0 Å². The van der Waals surface area contributed by atoms with E-state index in [0.717, 1.165) is 0 Å². The molecule has 0 aliphatic rings. The second-order valence-electron chi connectivity index (χ2n) is 1.67. The summed E-state index contributed by atoms with van der Waals surface area (Å²) in [6.45, 7) is 0. The molecule has 0 bridgehead atoms. The predicted octanol–water partition coefficient (Wildman–Crippen LogP) is -4.08. The summed E-state index contributed by atoms with van der Waals surface area (Å²) in [6.07, 6.45) is 0. The van der Waals surface area contributed by atoms with E-state index in [1.54, 1.807) is 0 Å². The summed E-state index contributed by atoms with van der Waals surface area (Å²) < 4.78 is 29.4. The summed E-state index contributed by atoms with van der Waals surface area (Å²) in [5.74, 6) is 0. The van der Waals surface area contributed by atoms with Crippen molar-refractivity contribution in [2.45, 2.75) is 0 Å². The number of rotatable bonds is 0. The van der Waals surface area contributed by atoms with Crippen molar-refractivity contribution >= 4 is 0 Å². The number of hydrogen-bond acceptors (Lipinski definition) is 9. The minimum absolute atomic E-state index is 0. The first kappa shape index (κ1) is 22.4. The molecule has 9 nitrogen and oxygen atoms in total. The maximum Gasteiger partial charge on any atom is -0.870 e. The molecule has 0 amide bonds. The van der Waals surface area contributed by atoms with Gasteiger partial charge >= 0.3 is 40.7 Å². The third-order valence-electron chi connectivity index (χ3n) is 0. The van der Waals surface area contributed by atoms with Crippen LogP contribution in [0.5, 0.6) is 0 Å². The third kappa shape index (κ3) is 6280. The summed E-state index contributed by atoms with van der Waals surface area (Å²) >= 11 is -4.98. The van der Waals surface area contributed by atoms with E-state index in [1.807, 2.05) is 0 Å². The Morgan fingerprint density at radius 3 is 0.500 bits per heavy atom. The van der Waals surface area contributed by atoms with Crippen LogP contribution < -0.4 is 26.9 Å². The first-order chi connectivity index (χ1) is 2.45. The van der Waals surface area contributed by atoms with Crippen molar-refractivity contribution in [3.8, 4) is 0 Å². The fraction of sp³-hybridized carbons (Fsp3) is 0. The van der Waals surface area contributed by atoms with Crippen molar-refractivity contribution in [1.82, 2.24) is 0 Å². The largest absolute Gasteiger partial charge is 0.870 e. The van der Waals surface area contributed by atoms with Crippen LogP contribution in [0.3, 0.4) is 0 Å². The van der Waals surface area contributed by atoms with Gasteiger partial charge in [0.25, 0.3) is 0 Å². The first-order valence-electron chi connectivity index (χ1n) is 1.15. The average molecular weight is 250 g/mol. The van der Waals surface area contributed by atoms with E-state index in [4.69, 9.17) is 26.9 Å². The second-order valence-corrected chi connectivity index (χ2v) is 9.86. The molecule has 0 aromatic carbocycles. The minimum Gasteiger partial charge on any atom is -0.870 e. The van der Waals surface area contributed by atoms with Crippen molar-refractivity contribution in [3.05, 3.63) is 0 Å². The monoisotopic (exact) mass is 250 g/mol. The van der Waals surface area contributed by atoms with Crippen molar-refractivity contribution in [3.63, 3.8) is 0 Å². The Balaban J connectivity index is -0.0000000600. The Labute approximate surface area is 57.8 Å². The van der Waals surface area contributed by atoms with Crippen LogP contribution in [0.25, 0.3) is 0 Å². The second kappa shape index (κ2) is 2.72. The van der Waals surface area contributed by atoms with Crippen LogP contribution in [-0.2, 0) is 13.9 Å². The van der Waals surface area contributed by atoms with Crippen LogP contribution >= 0.6 is 0 Å². The molecule has 0 aliphatic heterocycles. The van der Waals surface area contributed by atoms with Gasteiger partial charge in [-0.25, -0.2) is 0 Å². The molecule has 0 atom stereocenters. The number of hydrogen-bond donors (Lipinski definition) is 6. The van der Waals surface area contributed by atoms with Crippen LogP contribution in [0.4, 0.5) is 0 Å². The Morgan fingerprint density at radius 1 is 0.500 bits per heavy atom. The molecule has 0 aliphatic carbocycles. The maximum absolute atomic E-state index is 4.98. The van der Waals surface area contributed by atoms with E-state index < -0.39 is 13.9 Å². The molecule has 0 radical (unpaired) electrons. The SMILES string of the molecule is [NH2][Rh+3]([NH2])([NH2])([NH2])([NH2])[NH2].[OH-].[OH-].[OH-]. The summed E-state index contributed by atoms with van der Waals surface area (Å²) in [5, 5.41) is 0. The van der Waals surface area contributed by atoms with E-state index in [-0.39, 0.29) is 16.4 Å². The van der Waals surface area contributed by atoms with Crippen molar-refractivity contribution in [2.24, 2.45) is 26.9 Å². The zero-order valence-electron chi connectivity index (χ0n) is 5.14.